The molecule has 1 aromatic heterocycles. The molecule has 0 saturated heterocycles. The second-order valence-corrected chi connectivity index (χ2v) is 16.5. The average molecular weight is 781 g/mol. The fourth-order valence-corrected chi connectivity index (χ4v) is 9.85. The van der Waals surface area contributed by atoms with Gasteiger partial charge in [-0.15, -0.1) is 0 Å². The predicted octanol–water partition coefficient (Wildman–Crippen LogP) is 15.6. The van der Waals surface area contributed by atoms with Crippen molar-refractivity contribution in [1.82, 2.24) is 4.57 Å². The molecular weight excluding hydrogens is 737 g/mol. The normalized spacial score (nSPS) is 13.1. The summed E-state index contributed by atoms with van der Waals surface area (Å²) in [5.41, 5.74) is 19.2. The van der Waals surface area contributed by atoms with E-state index in [1.165, 1.54) is 77.6 Å². The third-order valence-corrected chi connectivity index (χ3v) is 12.6. The van der Waals surface area contributed by atoms with E-state index in [-0.39, 0.29) is 5.41 Å². The van der Waals surface area contributed by atoms with E-state index in [9.17, 15) is 0 Å². The Morgan fingerprint density at radius 1 is 0.393 bits per heavy atom. The van der Waals surface area contributed by atoms with Crippen LogP contribution in [0.3, 0.4) is 0 Å². The van der Waals surface area contributed by atoms with Crippen LogP contribution in [0.5, 0.6) is 0 Å². The van der Waals surface area contributed by atoms with Gasteiger partial charge in [-0.3, -0.25) is 0 Å². The quantitative estimate of drug-likeness (QED) is 0.139. The Bertz CT molecular complexity index is 3180. The van der Waals surface area contributed by atoms with Crippen molar-refractivity contribution in [3.63, 3.8) is 0 Å². The molecule has 10 aromatic rings. The summed E-state index contributed by atoms with van der Waals surface area (Å²) in [6.45, 7) is 4.84. The number of hydrogen-bond donors (Lipinski definition) is 0. The van der Waals surface area contributed by atoms with Crippen LogP contribution < -0.4 is 4.90 Å². The largest absolute Gasteiger partial charge is 0.311 e. The first-order valence-corrected chi connectivity index (χ1v) is 21.2. The van der Waals surface area contributed by atoms with Crippen molar-refractivity contribution in [2.75, 3.05) is 4.90 Å². The van der Waals surface area contributed by atoms with Gasteiger partial charge in [-0.25, -0.2) is 0 Å². The summed E-state index contributed by atoms with van der Waals surface area (Å²) in [5, 5.41) is 2.57. The molecule has 1 aliphatic rings. The Hall–Kier alpha value is -7.68. The molecule has 9 aromatic carbocycles. The molecule has 290 valence electrons. The molecule has 0 N–H and O–H groups in total. The summed E-state index contributed by atoms with van der Waals surface area (Å²) in [7, 11) is 0. The van der Waals surface area contributed by atoms with E-state index in [2.05, 4.69) is 254 Å². The first-order chi connectivity index (χ1) is 30.1. The molecule has 0 saturated carbocycles. The molecule has 2 nitrogen and oxygen atoms in total. The van der Waals surface area contributed by atoms with Gasteiger partial charge in [0.15, 0.2) is 0 Å². The third kappa shape index (κ3) is 6.10. The van der Waals surface area contributed by atoms with Gasteiger partial charge in [0.05, 0.1) is 11.0 Å². The summed E-state index contributed by atoms with van der Waals surface area (Å²) in [5.74, 6) is 0. The minimum atomic E-state index is -0.282. The van der Waals surface area contributed by atoms with Crippen LogP contribution in [0.4, 0.5) is 17.1 Å². The smallest absolute Gasteiger partial charge is 0.0588 e. The molecule has 0 aliphatic heterocycles. The Labute approximate surface area is 358 Å². The molecule has 1 aliphatic carbocycles. The van der Waals surface area contributed by atoms with E-state index in [4.69, 9.17) is 0 Å². The van der Waals surface area contributed by atoms with Gasteiger partial charge in [-0.1, -0.05) is 184 Å². The maximum atomic E-state index is 2.49. The second-order valence-electron chi connectivity index (χ2n) is 16.5. The van der Waals surface area contributed by atoms with E-state index in [1.54, 1.807) is 0 Å². The average Bonchev–Trinajstić information content (AvgIpc) is 3.78. The number of para-hydroxylation sites is 4. The summed E-state index contributed by atoms with van der Waals surface area (Å²) < 4.78 is 2.49. The van der Waals surface area contributed by atoms with Crippen LogP contribution in [0.25, 0.3) is 49.8 Å². The molecule has 11 rings (SSSR count). The van der Waals surface area contributed by atoms with E-state index in [1.807, 2.05) is 0 Å². The molecule has 0 radical (unpaired) electrons. The van der Waals surface area contributed by atoms with Crippen LogP contribution in [0.1, 0.15) is 47.2 Å². The van der Waals surface area contributed by atoms with Gasteiger partial charge in [-0.05, 0) is 116 Å². The summed E-state index contributed by atoms with van der Waals surface area (Å²) in [6, 6.07) is 83.8. The number of fused-ring (bicyclic) bond motifs is 7. The van der Waals surface area contributed by atoms with Crippen molar-refractivity contribution in [2.24, 2.45) is 0 Å². The van der Waals surface area contributed by atoms with Crippen LogP contribution in [0.15, 0.2) is 231 Å². The molecule has 0 amide bonds. The lowest BCUT2D eigenvalue weighted by Crippen LogP contribution is -2.17. The Balaban J connectivity index is 1.12. The van der Waals surface area contributed by atoms with Gasteiger partial charge in [0, 0.05) is 38.9 Å². The van der Waals surface area contributed by atoms with Crippen LogP contribution in [-0.2, 0) is 5.41 Å². The molecule has 0 unspecified atom stereocenters. The fraction of sp³-hybridized carbons (Fsp3) is 0.0508. The molecule has 0 spiro atoms. The van der Waals surface area contributed by atoms with Gasteiger partial charge in [0.2, 0.25) is 0 Å². The Kier molecular flexibility index (Phi) is 8.86. The first-order valence-electron chi connectivity index (χ1n) is 21.2. The summed E-state index contributed by atoms with van der Waals surface area (Å²) >= 11 is 0. The second kappa shape index (κ2) is 14.9. The van der Waals surface area contributed by atoms with Gasteiger partial charge >= 0.3 is 0 Å². The van der Waals surface area contributed by atoms with Crippen molar-refractivity contribution < 1.29 is 0 Å². The maximum absolute atomic E-state index is 2.49. The third-order valence-electron chi connectivity index (χ3n) is 12.6. The summed E-state index contributed by atoms with van der Waals surface area (Å²) in [4.78, 5) is 2.32. The maximum Gasteiger partial charge on any atom is 0.0588 e. The number of benzene rings is 9. The van der Waals surface area contributed by atoms with Gasteiger partial charge in [0.1, 0.15) is 0 Å². The lowest BCUT2D eigenvalue weighted by atomic mass is 9.79. The lowest BCUT2D eigenvalue weighted by molar-refractivity contribution is 0.663. The minimum Gasteiger partial charge on any atom is -0.311 e. The van der Waals surface area contributed by atoms with Crippen LogP contribution in [0, 0.1) is 0 Å². The zero-order valence-corrected chi connectivity index (χ0v) is 34.3. The van der Waals surface area contributed by atoms with E-state index in [0.29, 0.717) is 0 Å². The number of nitrogens with zero attached hydrogens (tertiary/aromatic N) is 2. The first kappa shape index (κ1) is 36.4. The highest BCUT2D eigenvalue weighted by Crippen LogP contribution is 2.54. The summed E-state index contributed by atoms with van der Waals surface area (Å²) in [6.07, 6.45) is 0. The molecule has 1 heterocycles. The predicted molar refractivity (Wildman–Crippen MR) is 257 cm³/mol. The van der Waals surface area contributed by atoms with Gasteiger partial charge < -0.3 is 9.47 Å². The highest BCUT2D eigenvalue weighted by molar-refractivity contribution is 6.13. The molecule has 2 heteroatoms. The van der Waals surface area contributed by atoms with Crippen LogP contribution >= 0.6 is 0 Å². The Morgan fingerprint density at radius 3 is 1.46 bits per heavy atom. The highest BCUT2D eigenvalue weighted by atomic mass is 15.1. The number of aromatic nitrogens is 1. The lowest BCUT2D eigenvalue weighted by Gasteiger charge is -2.26. The van der Waals surface area contributed by atoms with Crippen LogP contribution in [0.2, 0.25) is 0 Å². The van der Waals surface area contributed by atoms with Crippen molar-refractivity contribution in [3.8, 4) is 16.8 Å². The number of anilines is 3. The van der Waals surface area contributed by atoms with Crippen molar-refractivity contribution in [2.45, 2.75) is 19.3 Å². The number of hydrogen-bond acceptors (Lipinski definition) is 1. The zero-order chi connectivity index (χ0) is 40.9. The zero-order valence-electron chi connectivity index (χ0n) is 34.3. The van der Waals surface area contributed by atoms with Crippen LogP contribution in [-0.4, -0.2) is 4.57 Å². The fourth-order valence-electron chi connectivity index (χ4n) is 9.85. The highest BCUT2D eigenvalue weighted by Gasteiger charge is 2.39. The van der Waals surface area contributed by atoms with Gasteiger partial charge in [-0.2, -0.15) is 0 Å². The standard InChI is InChI=1S/C59H44N2/c1-59(2)53-40-44(34-37-49(53)51-38-39-52-50-30-18-19-31-54(50)61(58(52)57(51)59)47-28-16-7-17-29-47)56(42-22-10-4-11-23-42)55(41-20-8-3-9-21-41)43-32-35-48(36-33-43)60(45-24-12-5-13-25-45)46-26-14-6-15-27-46/h3-40H,1-2H3. The van der Waals surface area contributed by atoms with E-state index >= 15 is 0 Å². The van der Waals surface area contributed by atoms with E-state index in [0.717, 1.165) is 22.6 Å². The number of rotatable bonds is 8. The van der Waals surface area contributed by atoms with E-state index < -0.39 is 0 Å². The topological polar surface area (TPSA) is 8.17 Å². The van der Waals surface area contributed by atoms with Crippen molar-refractivity contribution in [1.29, 1.82) is 0 Å². The van der Waals surface area contributed by atoms with Crippen molar-refractivity contribution >= 4 is 50.0 Å². The molecule has 0 fully saturated rings. The SMILES string of the molecule is CC1(C)c2cc(C(=C(c3ccccc3)c3ccc(N(c4ccccc4)c4ccccc4)cc3)c3ccccc3)ccc2-c2ccc3c4ccccc4n(-c4ccccc4)c3c21. The Morgan fingerprint density at radius 2 is 0.852 bits per heavy atom. The molecule has 0 bridgehead atoms. The molecule has 0 atom stereocenters. The minimum absolute atomic E-state index is 0.282. The monoisotopic (exact) mass is 780 g/mol. The molecule has 61 heavy (non-hydrogen) atoms. The van der Waals surface area contributed by atoms with Crippen molar-refractivity contribution in [3.05, 3.63) is 264 Å². The molecular formula is C59H44N2. The van der Waals surface area contributed by atoms with Gasteiger partial charge in [0.25, 0.3) is 0 Å².